The number of hydrogen-bond donors (Lipinski definition) is 1. The normalized spacial score (nSPS) is 10.7. The van der Waals surface area contributed by atoms with Crippen molar-refractivity contribution >= 4 is 0 Å². The van der Waals surface area contributed by atoms with Crippen molar-refractivity contribution in [2.24, 2.45) is 0 Å². The van der Waals surface area contributed by atoms with E-state index in [-0.39, 0.29) is 0 Å². The molecule has 0 atom stereocenters. The maximum Gasteiger partial charge on any atom is 0.126 e. The highest BCUT2D eigenvalue weighted by atomic mass is 16.3. The van der Waals surface area contributed by atoms with Crippen molar-refractivity contribution in [1.82, 2.24) is 0 Å². The van der Waals surface area contributed by atoms with E-state index in [2.05, 4.69) is 51.1 Å². The fourth-order valence-corrected chi connectivity index (χ4v) is 2.71. The molecule has 0 spiro atoms. The Labute approximate surface area is 115 Å². The summed E-state index contributed by atoms with van der Waals surface area (Å²) in [6.07, 6.45) is 2.82. The number of phenols is 1. The van der Waals surface area contributed by atoms with Crippen LogP contribution in [-0.2, 0) is 19.3 Å². The molecule has 0 fully saturated rings. The fourth-order valence-electron chi connectivity index (χ4n) is 2.71. The van der Waals surface area contributed by atoms with Gasteiger partial charge in [-0.1, -0.05) is 57.2 Å². The van der Waals surface area contributed by atoms with Crippen LogP contribution in [0.2, 0.25) is 0 Å². The zero-order chi connectivity index (χ0) is 13.8. The minimum atomic E-state index is 0.461. The minimum Gasteiger partial charge on any atom is -0.507 e. The number of benzene rings is 2. The van der Waals surface area contributed by atoms with Crippen LogP contribution in [0.4, 0.5) is 0 Å². The second-order valence-electron chi connectivity index (χ2n) is 4.82. The Bertz CT molecular complexity index is 570. The predicted molar refractivity (Wildman–Crippen MR) is 81.7 cm³/mol. The lowest BCUT2D eigenvalue weighted by molar-refractivity contribution is 0.470. The van der Waals surface area contributed by atoms with Gasteiger partial charge in [0.25, 0.3) is 0 Å². The van der Waals surface area contributed by atoms with Gasteiger partial charge < -0.3 is 5.11 Å². The van der Waals surface area contributed by atoms with Gasteiger partial charge >= 0.3 is 0 Å². The highest BCUT2D eigenvalue weighted by Crippen LogP contribution is 2.36. The third-order valence-electron chi connectivity index (χ3n) is 3.80. The maximum absolute atomic E-state index is 10.6. The molecule has 100 valence electrons. The molecule has 0 radical (unpaired) electrons. The molecule has 1 N–H and O–H groups in total. The molecule has 0 saturated heterocycles. The Morgan fingerprint density at radius 2 is 1.42 bits per heavy atom. The Hall–Kier alpha value is -1.76. The second-order valence-corrected chi connectivity index (χ2v) is 4.82. The molecular weight excluding hydrogens is 232 g/mol. The Morgan fingerprint density at radius 3 is 2.05 bits per heavy atom. The van der Waals surface area contributed by atoms with Gasteiger partial charge in [-0.05, 0) is 41.5 Å². The van der Waals surface area contributed by atoms with E-state index < -0.39 is 0 Å². The molecule has 1 heteroatoms. The summed E-state index contributed by atoms with van der Waals surface area (Å²) in [5.74, 6) is 0.461. The topological polar surface area (TPSA) is 20.2 Å². The molecule has 0 saturated carbocycles. The predicted octanol–water partition coefficient (Wildman–Crippen LogP) is 4.75. The lowest BCUT2D eigenvalue weighted by atomic mass is 9.92. The lowest BCUT2D eigenvalue weighted by Gasteiger charge is -2.15. The van der Waals surface area contributed by atoms with E-state index in [1.165, 1.54) is 11.1 Å². The van der Waals surface area contributed by atoms with Crippen LogP contribution in [-0.4, -0.2) is 5.11 Å². The zero-order valence-electron chi connectivity index (χ0n) is 12.0. The van der Waals surface area contributed by atoms with Crippen molar-refractivity contribution in [2.75, 3.05) is 0 Å². The number of aryl methyl sites for hydroxylation is 2. The molecule has 2 aromatic rings. The molecule has 0 amide bonds. The molecule has 0 aliphatic heterocycles. The van der Waals surface area contributed by atoms with Gasteiger partial charge in [0.15, 0.2) is 0 Å². The van der Waals surface area contributed by atoms with Crippen molar-refractivity contribution in [3.8, 4) is 16.9 Å². The Morgan fingerprint density at radius 1 is 0.737 bits per heavy atom. The molecule has 0 bridgehead atoms. The first-order chi connectivity index (χ1) is 9.22. The summed E-state index contributed by atoms with van der Waals surface area (Å²) in [4.78, 5) is 0. The fraction of sp³-hybridized carbons (Fsp3) is 0.333. The second kappa shape index (κ2) is 5.92. The van der Waals surface area contributed by atoms with Crippen molar-refractivity contribution in [3.05, 3.63) is 53.1 Å². The van der Waals surface area contributed by atoms with E-state index in [9.17, 15) is 5.11 Å². The number of hydrogen-bond acceptors (Lipinski definition) is 1. The van der Waals surface area contributed by atoms with E-state index >= 15 is 0 Å². The average Bonchev–Trinajstić information content (AvgIpc) is 2.46. The van der Waals surface area contributed by atoms with Crippen LogP contribution in [0.25, 0.3) is 11.1 Å². The highest BCUT2D eigenvalue weighted by Gasteiger charge is 2.13. The molecule has 0 unspecified atom stereocenters. The van der Waals surface area contributed by atoms with Gasteiger partial charge in [-0.2, -0.15) is 0 Å². The van der Waals surface area contributed by atoms with Gasteiger partial charge in [0, 0.05) is 5.56 Å². The zero-order valence-corrected chi connectivity index (χ0v) is 12.0. The van der Waals surface area contributed by atoms with Crippen LogP contribution in [0.15, 0.2) is 36.4 Å². The van der Waals surface area contributed by atoms with Gasteiger partial charge in [-0.25, -0.2) is 0 Å². The summed E-state index contributed by atoms with van der Waals surface area (Å²) in [6.45, 7) is 6.38. The summed E-state index contributed by atoms with van der Waals surface area (Å²) in [5.41, 5.74) is 5.74. The highest BCUT2D eigenvalue weighted by molar-refractivity contribution is 5.75. The van der Waals surface area contributed by atoms with Crippen molar-refractivity contribution < 1.29 is 5.11 Å². The number of phenolic OH excluding ortho intramolecular Hbond substituents is 1. The van der Waals surface area contributed by atoms with Gasteiger partial charge in [0.2, 0.25) is 0 Å². The number of aromatic hydroxyl groups is 1. The maximum atomic E-state index is 10.6. The van der Waals surface area contributed by atoms with Crippen molar-refractivity contribution in [1.29, 1.82) is 0 Å². The summed E-state index contributed by atoms with van der Waals surface area (Å²) < 4.78 is 0. The summed E-state index contributed by atoms with van der Waals surface area (Å²) in [6, 6.07) is 12.5. The molecule has 2 aromatic carbocycles. The SMILES string of the molecule is CCc1ccccc1-c1ccc(CC)c(CC)c1O. The van der Waals surface area contributed by atoms with Crippen molar-refractivity contribution in [2.45, 2.75) is 40.0 Å². The van der Waals surface area contributed by atoms with Crippen LogP contribution in [0.1, 0.15) is 37.5 Å². The van der Waals surface area contributed by atoms with Gasteiger partial charge in [-0.3, -0.25) is 0 Å². The molecule has 0 aromatic heterocycles. The average molecular weight is 254 g/mol. The van der Waals surface area contributed by atoms with Gasteiger partial charge in [0.1, 0.15) is 5.75 Å². The molecule has 1 nitrogen and oxygen atoms in total. The summed E-state index contributed by atoms with van der Waals surface area (Å²) in [7, 11) is 0. The van der Waals surface area contributed by atoms with Crippen molar-refractivity contribution in [3.63, 3.8) is 0 Å². The smallest absolute Gasteiger partial charge is 0.126 e. The number of rotatable bonds is 4. The third kappa shape index (κ3) is 2.51. The quantitative estimate of drug-likeness (QED) is 0.835. The first-order valence-corrected chi connectivity index (χ1v) is 7.14. The molecule has 0 aliphatic rings. The van der Waals surface area contributed by atoms with Crippen LogP contribution in [0.5, 0.6) is 5.75 Å². The Kier molecular flexibility index (Phi) is 4.26. The molecule has 19 heavy (non-hydrogen) atoms. The van der Waals surface area contributed by atoms with E-state index in [1.54, 1.807) is 0 Å². The van der Waals surface area contributed by atoms with E-state index in [0.29, 0.717) is 5.75 Å². The molecule has 2 rings (SSSR count). The van der Waals surface area contributed by atoms with E-state index in [0.717, 1.165) is 36.0 Å². The van der Waals surface area contributed by atoms with Gasteiger partial charge in [-0.15, -0.1) is 0 Å². The minimum absolute atomic E-state index is 0.461. The van der Waals surface area contributed by atoms with E-state index in [4.69, 9.17) is 0 Å². The molecule has 0 heterocycles. The van der Waals surface area contributed by atoms with Crippen LogP contribution in [0.3, 0.4) is 0 Å². The summed E-state index contributed by atoms with van der Waals surface area (Å²) in [5, 5.41) is 10.6. The first-order valence-electron chi connectivity index (χ1n) is 7.14. The third-order valence-corrected chi connectivity index (χ3v) is 3.80. The van der Waals surface area contributed by atoms with Crippen LogP contribution >= 0.6 is 0 Å². The van der Waals surface area contributed by atoms with Gasteiger partial charge in [0.05, 0.1) is 0 Å². The molecular formula is C18H22O. The van der Waals surface area contributed by atoms with Crippen LogP contribution in [0, 0.1) is 0 Å². The van der Waals surface area contributed by atoms with E-state index in [1.807, 2.05) is 6.07 Å². The monoisotopic (exact) mass is 254 g/mol. The lowest BCUT2D eigenvalue weighted by Crippen LogP contribution is -1.95. The largest absolute Gasteiger partial charge is 0.507 e. The van der Waals surface area contributed by atoms with Crippen LogP contribution < -0.4 is 0 Å². The standard InChI is InChI=1S/C18H22O/c1-4-13-9-7-8-10-16(13)17-12-11-14(5-2)15(6-3)18(17)19/h7-12,19H,4-6H2,1-3H3. The molecule has 0 aliphatic carbocycles. The summed E-state index contributed by atoms with van der Waals surface area (Å²) >= 11 is 0. The first kappa shape index (κ1) is 13.7. The Balaban J connectivity index is 2.63.